The molecule has 116 valence electrons. The Bertz CT molecular complexity index is 474. The van der Waals surface area contributed by atoms with Gasteiger partial charge in [0.15, 0.2) is 12.4 Å². The number of methoxy groups -OCH3 is 1. The zero-order valence-corrected chi connectivity index (χ0v) is 12.2. The number of benzene rings is 1. The number of carbonyl (C=O) groups is 1. The maximum atomic E-state index is 11.6. The summed E-state index contributed by atoms with van der Waals surface area (Å²) in [6, 6.07) is 6.58. The summed E-state index contributed by atoms with van der Waals surface area (Å²) in [7, 11) is 1.62. The molecule has 21 heavy (non-hydrogen) atoms. The summed E-state index contributed by atoms with van der Waals surface area (Å²) in [5, 5.41) is 14.2. The minimum Gasteiger partial charge on any atom is -0.484 e. The summed E-state index contributed by atoms with van der Waals surface area (Å²) in [4.78, 5) is 11.6. The fourth-order valence-electron chi connectivity index (χ4n) is 1.61. The second-order valence-electron chi connectivity index (χ2n) is 4.66. The molecular formula is C14H21N3O4. The Hall–Kier alpha value is -2.28. The number of rotatable bonds is 8. The third-order valence-corrected chi connectivity index (χ3v) is 2.73. The first kappa shape index (κ1) is 16.8. The second kappa shape index (κ2) is 8.80. The molecule has 1 amide bonds. The summed E-state index contributed by atoms with van der Waals surface area (Å²) >= 11 is 0. The van der Waals surface area contributed by atoms with Gasteiger partial charge in [-0.2, -0.15) is 0 Å². The molecule has 0 radical (unpaired) electrons. The van der Waals surface area contributed by atoms with Gasteiger partial charge < -0.3 is 25.7 Å². The topological polar surface area (TPSA) is 106 Å². The highest BCUT2D eigenvalue weighted by Gasteiger charge is 2.06. The van der Waals surface area contributed by atoms with Crippen LogP contribution in [0.2, 0.25) is 0 Å². The Morgan fingerprint density at radius 1 is 1.43 bits per heavy atom. The number of nitrogens with zero attached hydrogens (tertiary/aromatic N) is 1. The fourth-order valence-corrected chi connectivity index (χ4v) is 1.61. The quantitative estimate of drug-likeness (QED) is 0.281. The first-order valence-electron chi connectivity index (χ1n) is 6.53. The van der Waals surface area contributed by atoms with Crippen LogP contribution >= 0.6 is 0 Å². The van der Waals surface area contributed by atoms with Crippen molar-refractivity contribution in [1.82, 2.24) is 5.32 Å². The molecule has 0 saturated heterocycles. The predicted octanol–water partition coefficient (Wildman–Crippen LogP) is 0.559. The van der Waals surface area contributed by atoms with Crippen LogP contribution in [0.25, 0.3) is 0 Å². The van der Waals surface area contributed by atoms with Gasteiger partial charge in [-0.25, -0.2) is 0 Å². The van der Waals surface area contributed by atoms with Crippen molar-refractivity contribution in [3.63, 3.8) is 0 Å². The summed E-state index contributed by atoms with van der Waals surface area (Å²) in [6.07, 6.45) is 0. The Morgan fingerprint density at radius 3 is 2.67 bits per heavy atom. The molecule has 1 unspecified atom stereocenters. The molecule has 7 nitrogen and oxygen atoms in total. The second-order valence-corrected chi connectivity index (χ2v) is 4.66. The normalized spacial score (nSPS) is 12.8. The summed E-state index contributed by atoms with van der Waals surface area (Å²) < 4.78 is 10.3. The van der Waals surface area contributed by atoms with Crippen LogP contribution in [0.15, 0.2) is 29.4 Å². The Morgan fingerprint density at radius 2 is 2.10 bits per heavy atom. The van der Waals surface area contributed by atoms with Crippen molar-refractivity contribution in [2.45, 2.75) is 6.92 Å². The molecule has 0 saturated carbocycles. The minimum atomic E-state index is -0.196. The van der Waals surface area contributed by atoms with Crippen LogP contribution < -0.4 is 15.8 Å². The monoisotopic (exact) mass is 295 g/mol. The molecule has 0 spiro atoms. The maximum Gasteiger partial charge on any atom is 0.257 e. The van der Waals surface area contributed by atoms with Crippen LogP contribution in [0, 0.1) is 5.92 Å². The SMILES string of the molecule is COCC(C)CNC(=O)COc1ccc(C(N)=NO)cc1. The van der Waals surface area contributed by atoms with Crippen molar-refractivity contribution in [2.24, 2.45) is 16.8 Å². The van der Waals surface area contributed by atoms with Crippen LogP contribution in [0.3, 0.4) is 0 Å². The highest BCUT2D eigenvalue weighted by molar-refractivity contribution is 5.97. The minimum absolute atomic E-state index is 0.0198. The molecule has 1 rings (SSSR count). The Labute approximate surface area is 123 Å². The predicted molar refractivity (Wildman–Crippen MR) is 78.5 cm³/mol. The molecule has 0 bridgehead atoms. The number of ether oxygens (including phenoxy) is 2. The zero-order chi connectivity index (χ0) is 15.7. The van der Waals surface area contributed by atoms with Gasteiger partial charge in [0.25, 0.3) is 5.91 Å². The standard InChI is InChI=1S/C14H21N3O4/c1-10(8-20-2)7-16-13(18)9-21-12-5-3-11(4-6-12)14(15)17-19/h3-6,10,19H,7-9H2,1-2H3,(H2,15,17)(H,16,18). The van der Waals surface area contributed by atoms with E-state index in [1.165, 1.54) is 0 Å². The number of nitrogens with one attached hydrogen (secondary N) is 1. The Balaban J connectivity index is 2.36. The summed E-state index contributed by atoms with van der Waals surface area (Å²) in [5.41, 5.74) is 6.02. The number of nitrogens with two attached hydrogens (primary N) is 1. The van der Waals surface area contributed by atoms with E-state index in [1.54, 1.807) is 31.4 Å². The molecule has 0 aliphatic rings. The molecule has 0 heterocycles. The summed E-state index contributed by atoms with van der Waals surface area (Å²) in [5.74, 6) is 0.605. The van der Waals surface area contributed by atoms with Gasteiger partial charge in [0, 0.05) is 19.2 Å². The molecule has 1 aromatic rings. The average Bonchev–Trinajstić information content (AvgIpc) is 2.51. The first-order chi connectivity index (χ1) is 10.1. The van der Waals surface area contributed by atoms with Gasteiger partial charge in [-0.15, -0.1) is 0 Å². The van der Waals surface area contributed by atoms with Crippen molar-refractivity contribution < 1.29 is 19.5 Å². The van der Waals surface area contributed by atoms with Gasteiger partial charge in [0.05, 0.1) is 6.61 Å². The number of amides is 1. The van der Waals surface area contributed by atoms with Crippen LogP contribution in [0.5, 0.6) is 5.75 Å². The number of amidine groups is 1. The number of hydrogen-bond acceptors (Lipinski definition) is 5. The van der Waals surface area contributed by atoms with Gasteiger partial charge >= 0.3 is 0 Å². The lowest BCUT2D eigenvalue weighted by atomic mass is 10.2. The number of hydrogen-bond donors (Lipinski definition) is 3. The maximum absolute atomic E-state index is 11.6. The largest absolute Gasteiger partial charge is 0.484 e. The van der Waals surface area contributed by atoms with Crippen LogP contribution in [-0.2, 0) is 9.53 Å². The lowest BCUT2D eigenvalue weighted by Gasteiger charge is -2.12. The molecule has 0 aliphatic heterocycles. The molecule has 0 fully saturated rings. The van der Waals surface area contributed by atoms with E-state index in [0.717, 1.165) is 0 Å². The van der Waals surface area contributed by atoms with Crippen LogP contribution in [-0.4, -0.2) is 43.8 Å². The van der Waals surface area contributed by atoms with Gasteiger partial charge in [0.1, 0.15) is 5.75 Å². The van der Waals surface area contributed by atoms with E-state index in [1.807, 2.05) is 6.92 Å². The van der Waals surface area contributed by atoms with Crippen molar-refractivity contribution in [3.8, 4) is 5.75 Å². The van der Waals surface area contributed by atoms with E-state index in [-0.39, 0.29) is 24.3 Å². The van der Waals surface area contributed by atoms with E-state index < -0.39 is 0 Å². The first-order valence-corrected chi connectivity index (χ1v) is 6.53. The molecule has 7 heteroatoms. The van der Waals surface area contributed by atoms with Gasteiger partial charge in [0.2, 0.25) is 0 Å². The molecule has 1 aromatic carbocycles. The smallest absolute Gasteiger partial charge is 0.257 e. The van der Waals surface area contributed by atoms with Gasteiger partial charge in [-0.05, 0) is 30.2 Å². The number of oxime groups is 1. The zero-order valence-electron chi connectivity index (χ0n) is 12.2. The average molecular weight is 295 g/mol. The van der Waals surface area contributed by atoms with Crippen molar-refractivity contribution in [3.05, 3.63) is 29.8 Å². The van der Waals surface area contributed by atoms with Gasteiger partial charge in [-0.3, -0.25) is 4.79 Å². The third kappa shape index (κ3) is 6.13. The van der Waals surface area contributed by atoms with Crippen LogP contribution in [0.1, 0.15) is 12.5 Å². The van der Waals surface area contributed by atoms with E-state index in [2.05, 4.69) is 10.5 Å². The third-order valence-electron chi connectivity index (χ3n) is 2.73. The van der Waals surface area contributed by atoms with E-state index in [4.69, 9.17) is 20.4 Å². The fraction of sp³-hybridized carbons (Fsp3) is 0.429. The van der Waals surface area contributed by atoms with Crippen LogP contribution in [0.4, 0.5) is 0 Å². The van der Waals surface area contributed by atoms with E-state index >= 15 is 0 Å². The highest BCUT2D eigenvalue weighted by Crippen LogP contribution is 2.11. The van der Waals surface area contributed by atoms with E-state index in [9.17, 15) is 4.79 Å². The lowest BCUT2D eigenvalue weighted by molar-refractivity contribution is -0.123. The van der Waals surface area contributed by atoms with Gasteiger partial charge in [-0.1, -0.05) is 12.1 Å². The molecule has 4 N–H and O–H groups in total. The van der Waals surface area contributed by atoms with E-state index in [0.29, 0.717) is 24.5 Å². The summed E-state index contributed by atoms with van der Waals surface area (Å²) in [6.45, 7) is 3.05. The molecular weight excluding hydrogens is 274 g/mol. The lowest BCUT2D eigenvalue weighted by Crippen LogP contribution is -2.33. The van der Waals surface area contributed by atoms with Crippen molar-refractivity contribution in [2.75, 3.05) is 26.9 Å². The number of carbonyl (C=O) groups excluding carboxylic acids is 1. The molecule has 0 aliphatic carbocycles. The Kier molecular flexibility index (Phi) is 7.03. The molecule has 1 atom stereocenters. The van der Waals surface area contributed by atoms with Crippen molar-refractivity contribution in [1.29, 1.82) is 0 Å². The highest BCUT2D eigenvalue weighted by atomic mass is 16.5. The molecule has 0 aromatic heterocycles. The van der Waals surface area contributed by atoms with Crippen molar-refractivity contribution >= 4 is 11.7 Å².